The fourth-order valence-corrected chi connectivity index (χ4v) is 2.52. The van der Waals surface area contributed by atoms with E-state index in [1.165, 1.54) is 12.8 Å². The lowest BCUT2D eigenvalue weighted by Crippen LogP contribution is -2.44. The van der Waals surface area contributed by atoms with Gasteiger partial charge in [0, 0.05) is 19.6 Å². The van der Waals surface area contributed by atoms with E-state index in [1.54, 1.807) is 11.8 Å². The number of nitrogens with one attached hydrogen (secondary N) is 2. The molecule has 2 unspecified atom stereocenters. The Hall–Kier alpha value is -0.850. The second kappa shape index (κ2) is 9.33. The van der Waals surface area contributed by atoms with Crippen molar-refractivity contribution in [2.45, 2.75) is 52.2 Å². The van der Waals surface area contributed by atoms with Crippen molar-refractivity contribution in [2.24, 2.45) is 5.92 Å². The number of aliphatic hydroxyl groups is 1. The quantitative estimate of drug-likeness (QED) is 0.616. The number of amides is 1. The van der Waals surface area contributed by atoms with Crippen molar-refractivity contribution < 1.29 is 14.6 Å². The van der Waals surface area contributed by atoms with Crippen LogP contribution in [0, 0.1) is 5.92 Å². The molecule has 0 aromatic rings. The van der Waals surface area contributed by atoms with Crippen LogP contribution in [0.1, 0.15) is 40.5 Å². The Labute approximate surface area is 134 Å². The first-order chi connectivity index (χ1) is 10.3. The van der Waals surface area contributed by atoms with Gasteiger partial charge in [0.2, 0.25) is 0 Å². The molecule has 1 aliphatic heterocycles. The Morgan fingerprint density at radius 2 is 2.23 bits per heavy atom. The number of rotatable bonds is 7. The van der Waals surface area contributed by atoms with E-state index < -0.39 is 11.7 Å². The SMILES string of the molecule is CC(O)CN(CCNCC1CCCNC1)C(=O)OC(C)(C)C. The Kier molecular flexibility index (Phi) is 8.14. The summed E-state index contributed by atoms with van der Waals surface area (Å²) in [6, 6.07) is 0. The maximum absolute atomic E-state index is 12.1. The molecule has 0 spiro atoms. The number of carbonyl (C=O) groups is 1. The van der Waals surface area contributed by atoms with E-state index in [4.69, 9.17) is 4.74 Å². The third-order valence-corrected chi connectivity index (χ3v) is 3.53. The zero-order valence-corrected chi connectivity index (χ0v) is 14.5. The Morgan fingerprint density at radius 3 is 2.77 bits per heavy atom. The highest BCUT2D eigenvalue weighted by Crippen LogP contribution is 2.10. The first-order valence-corrected chi connectivity index (χ1v) is 8.35. The van der Waals surface area contributed by atoms with Crippen molar-refractivity contribution >= 4 is 6.09 Å². The van der Waals surface area contributed by atoms with E-state index in [-0.39, 0.29) is 6.09 Å². The van der Waals surface area contributed by atoms with Gasteiger partial charge in [-0.3, -0.25) is 0 Å². The predicted molar refractivity (Wildman–Crippen MR) is 88.0 cm³/mol. The smallest absolute Gasteiger partial charge is 0.410 e. The summed E-state index contributed by atoms with van der Waals surface area (Å²) in [6.07, 6.45) is 1.56. The fraction of sp³-hybridized carbons (Fsp3) is 0.938. The minimum absolute atomic E-state index is 0.293. The van der Waals surface area contributed by atoms with Crippen molar-refractivity contribution in [3.05, 3.63) is 0 Å². The molecule has 1 rings (SSSR count). The highest BCUT2D eigenvalue weighted by atomic mass is 16.6. The Bertz CT molecular complexity index is 323. The zero-order chi connectivity index (χ0) is 16.6. The van der Waals surface area contributed by atoms with Gasteiger partial charge in [-0.2, -0.15) is 0 Å². The molecule has 1 aliphatic rings. The number of ether oxygens (including phenoxy) is 1. The first kappa shape index (κ1) is 19.2. The summed E-state index contributed by atoms with van der Waals surface area (Å²) in [4.78, 5) is 13.7. The van der Waals surface area contributed by atoms with E-state index in [0.717, 1.165) is 19.6 Å². The van der Waals surface area contributed by atoms with Gasteiger partial charge in [-0.15, -0.1) is 0 Å². The standard InChI is InChI=1S/C16H33N3O3/c1-13(20)12-19(15(21)22-16(2,3)4)9-8-18-11-14-6-5-7-17-10-14/h13-14,17-18,20H,5-12H2,1-4H3. The molecule has 1 fully saturated rings. The highest BCUT2D eigenvalue weighted by molar-refractivity contribution is 5.68. The van der Waals surface area contributed by atoms with Crippen LogP contribution in [-0.2, 0) is 4.74 Å². The Morgan fingerprint density at radius 1 is 1.50 bits per heavy atom. The third-order valence-electron chi connectivity index (χ3n) is 3.53. The number of hydrogen-bond acceptors (Lipinski definition) is 5. The molecule has 0 saturated carbocycles. The van der Waals surface area contributed by atoms with E-state index in [1.807, 2.05) is 20.8 Å². The lowest BCUT2D eigenvalue weighted by atomic mass is 10.00. The predicted octanol–water partition coefficient (Wildman–Crippen LogP) is 1.19. The summed E-state index contributed by atoms with van der Waals surface area (Å²) < 4.78 is 5.39. The summed E-state index contributed by atoms with van der Waals surface area (Å²) in [6.45, 7) is 11.9. The molecule has 1 amide bonds. The molecular formula is C16H33N3O3. The number of carbonyl (C=O) groups excluding carboxylic acids is 1. The van der Waals surface area contributed by atoms with Crippen molar-refractivity contribution in [3.8, 4) is 0 Å². The van der Waals surface area contributed by atoms with Crippen LogP contribution < -0.4 is 10.6 Å². The molecule has 130 valence electrons. The summed E-state index contributed by atoms with van der Waals surface area (Å²) in [5.74, 6) is 0.667. The molecule has 0 aliphatic carbocycles. The molecule has 3 N–H and O–H groups in total. The lowest BCUT2D eigenvalue weighted by molar-refractivity contribution is 0.0164. The van der Waals surface area contributed by atoms with Crippen LogP contribution in [-0.4, -0.2) is 67.1 Å². The molecule has 0 radical (unpaired) electrons. The van der Waals surface area contributed by atoms with Crippen LogP contribution in [0.3, 0.4) is 0 Å². The van der Waals surface area contributed by atoms with Gasteiger partial charge in [0.1, 0.15) is 5.60 Å². The van der Waals surface area contributed by atoms with Crippen LogP contribution in [0.15, 0.2) is 0 Å². The molecule has 1 heterocycles. The minimum atomic E-state index is -0.560. The van der Waals surface area contributed by atoms with Gasteiger partial charge in [-0.05, 0) is 66.1 Å². The molecule has 6 nitrogen and oxygen atoms in total. The van der Waals surface area contributed by atoms with Crippen molar-refractivity contribution in [3.63, 3.8) is 0 Å². The summed E-state index contributed by atoms with van der Waals surface area (Å²) in [5.41, 5.74) is -0.519. The van der Waals surface area contributed by atoms with Crippen LogP contribution in [0.25, 0.3) is 0 Å². The van der Waals surface area contributed by atoms with Crippen LogP contribution in [0.5, 0.6) is 0 Å². The number of hydrogen-bond donors (Lipinski definition) is 3. The summed E-state index contributed by atoms with van der Waals surface area (Å²) >= 11 is 0. The Balaban J connectivity index is 2.32. The molecular weight excluding hydrogens is 282 g/mol. The highest BCUT2D eigenvalue weighted by Gasteiger charge is 2.23. The van der Waals surface area contributed by atoms with Gasteiger partial charge in [0.15, 0.2) is 0 Å². The number of aliphatic hydroxyl groups excluding tert-OH is 1. The summed E-state index contributed by atoms with van der Waals surface area (Å²) in [7, 11) is 0. The zero-order valence-electron chi connectivity index (χ0n) is 14.5. The monoisotopic (exact) mass is 315 g/mol. The maximum atomic E-state index is 12.1. The second-order valence-corrected chi connectivity index (χ2v) is 7.19. The van der Waals surface area contributed by atoms with Crippen LogP contribution >= 0.6 is 0 Å². The molecule has 0 aromatic heterocycles. The van der Waals surface area contributed by atoms with Gasteiger partial charge >= 0.3 is 6.09 Å². The topological polar surface area (TPSA) is 73.8 Å². The van der Waals surface area contributed by atoms with Crippen molar-refractivity contribution in [2.75, 3.05) is 39.3 Å². The lowest BCUT2D eigenvalue weighted by Gasteiger charge is -2.29. The maximum Gasteiger partial charge on any atom is 0.410 e. The molecule has 22 heavy (non-hydrogen) atoms. The average Bonchev–Trinajstić information content (AvgIpc) is 2.41. The van der Waals surface area contributed by atoms with Crippen LogP contribution in [0.4, 0.5) is 4.79 Å². The van der Waals surface area contributed by atoms with E-state index in [0.29, 0.717) is 25.6 Å². The van der Waals surface area contributed by atoms with Gasteiger partial charge in [-0.25, -0.2) is 4.79 Å². The van der Waals surface area contributed by atoms with Gasteiger partial charge in [0.25, 0.3) is 0 Å². The summed E-state index contributed by atoms with van der Waals surface area (Å²) in [5, 5.41) is 16.4. The third kappa shape index (κ3) is 8.56. The van der Waals surface area contributed by atoms with Gasteiger partial charge in [0.05, 0.1) is 6.10 Å². The fourth-order valence-electron chi connectivity index (χ4n) is 2.52. The molecule has 6 heteroatoms. The van der Waals surface area contributed by atoms with E-state index in [2.05, 4.69) is 10.6 Å². The van der Waals surface area contributed by atoms with Gasteiger partial charge in [-0.1, -0.05) is 0 Å². The normalized spacial score (nSPS) is 20.5. The second-order valence-electron chi connectivity index (χ2n) is 7.19. The van der Waals surface area contributed by atoms with E-state index >= 15 is 0 Å². The molecule has 0 aromatic carbocycles. The average molecular weight is 315 g/mol. The largest absolute Gasteiger partial charge is 0.444 e. The van der Waals surface area contributed by atoms with E-state index in [9.17, 15) is 9.90 Å². The molecule has 2 atom stereocenters. The van der Waals surface area contributed by atoms with Crippen LogP contribution in [0.2, 0.25) is 0 Å². The van der Waals surface area contributed by atoms with Crippen molar-refractivity contribution in [1.29, 1.82) is 0 Å². The first-order valence-electron chi connectivity index (χ1n) is 8.35. The molecule has 0 bridgehead atoms. The molecule has 1 saturated heterocycles. The number of piperidine rings is 1. The van der Waals surface area contributed by atoms with Crippen molar-refractivity contribution in [1.82, 2.24) is 15.5 Å². The minimum Gasteiger partial charge on any atom is -0.444 e. The number of nitrogens with zero attached hydrogens (tertiary/aromatic N) is 1. The van der Waals surface area contributed by atoms with Gasteiger partial charge < -0.3 is 25.4 Å².